The first kappa shape index (κ1) is 13.4. The van der Waals surface area contributed by atoms with Gasteiger partial charge in [0.05, 0.1) is 24.1 Å². The average molecular weight is 305 g/mol. The zero-order valence-electron chi connectivity index (χ0n) is 11.4. The molecule has 0 aliphatic carbocycles. The lowest BCUT2D eigenvalue weighted by molar-refractivity contribution is 0.415. The number of H-pyrrole nitrogens is 1. The molecule has 108 valence electrons. The van der Waals surface area contributed by atoms with Gasteiger partial charge in [0.15, 0.2) is 11.5 Å². The maximum atomic E-state index is 6.20. The number of nitrogens with one attached hydrogen (secondary N) is 3. The summed E-state index contributed by atoms with van der Waals surface area (Å²) in [6.45, 7) is 0. The standard InChI is InChI=1S/C13H13ClN6O/c1-15-13-19-11-10(16-6-17-11)12(20-13)18-9-5-7(21-2)3-4-8(9)14/h3-6H,1-2H3,(H3,15,16,17,18,19,20). The van der Waals surface area contributed by atoms with Gasteiger partial charge in [-0.1, -0.05) is 11.6 Å². The molecule has 0 aliphatic heterocycles. The molecule has 0 amide bonds. The van der Waals surface area contributed by atoms with E-state index in [1.54, 1.807) is 38.7 Å². The number of halogens is 1. The number of ether oxygens (including phenoxy) is 1. The van der Waals surface area contributed by atoms with Gasteiger partial charge in [-0.25, -0.2) is 4.98 Å². The Morgan fingerprint density at radius 3 is 2.90 bits per heavy atom. The molecule has 0 aliphatic rings. The van der Waals surface area contributed by atoms with E-state index in [2.05, 4.69) is 30.6 Å². The first-order valence-corrected chi connectivity index (χ1v) is 6.58. The van der Waals surface area contributed by atoms with E-state index >= 15 is 0 Å². The molecule has 0 bridgehead atoms. The Morgan fingerprint density at radius 1 is 1.29 bits per heavy atom. The number of benzene rings is 1. The van der Waals surface area contributed by atoms with Crippen molar-refractivity contribution in [3.05, 3.63) is 29.5 Å². The summed E-state index contributed by atoms with van der Waals surface area (Å²) in [4.78, 5) is 15.8. The van der Waals surface area contributed by atoms with E-state index in [0.717, 1.165) is 0 Å². The third kappa shape index (κ3) is 2.55. The molecule has 2 aromatic heterocycles. The minimum Gasteiger partial charge on any atom is -0.497 e. The maximum absolute atomic E-state index is 6.20. The van der Waals surface area contributed by atoms with Crippen molar-refractivity contribution in [1.82, 2.24) is 19.9 Å². The number of hydrogen-bond donors (Lipinski definition) is 3. The van der Waals surface area contributed by atoms with Crippen molar-refractivity contribution in [2.75, 3.05) is 24.8 Å². The first-order valence-electron chi connectivity index (χ1n) is 6.20. The highest BCUT2D eigenvalue weighted by Gasteiger charge is 2.11. The summed E-state index contributed by atoms with van der Waals surface area (Å²) >= 11 is 6.20. The van der Waals surface area contributed by atoms with Crippen LogP contribution >= 0.6 is 11.6 Å². The highest BCUT2D eigenvalue weighted by atomic mass is 35.5. The normalized spacial score (nSPS) is 10.6. The maximum Gasteiger partial charge on any atom is 0.226 e. The lowest BCUT2D eigenvalue weighted by Crippen LogP contribution is -2.02. The molecule has 8 heteroatoms. The molecule has 3 aromatic rings. The van der Waals surface area contributed by atoms with Crippen molar-refractivity contribution >= 4 is 40.2 Å². The number of imidazole rings is 1. The Morgan fingerprint density at radius 2 is 2.14 bits per heavy atom. The van der Waals surface area contributed by atoms with Crippen LogP contribution in [0.1, 0.15) is 0 Å². The Bertz CT molecular complexity index is 787. The van der Waals surface area contributed by atoms with E-state index in [1.165, 1.54) is 0 Å². The molecule has 21 heavy (non-hydrogen) atoms. The fourth-order valence-corrected chi connectivity index (χ4v) is 2.05. The number of aromatic nitrogens is 4. The third-order valence-electron chi connectivity index (χ3n) is 2.94. The lowest BCUT2D eigenvalue weighted by atomic mass is 10.3. The average Bonchev–Trinajstić information content (AvgIpc) is 2.98. The zero-order valence-corrected chi connectivity index (χ0v) is 12.2. The largest absolute Gasteiger partial charge is 0.497 e. The van der Waals surface area contributed by atoms with Crippen LogP contribution in [0, 0.1) is 0 Å². The molecule has 0 atom stereocenters. The smallest absolute Gasteiger partial charge is 0.226 e. The summed E-state index contributed by atoms with van der Waals surface area (Å²) in [5.74, 6) is 1.75. The SMILES string of the molecule is CNc1nc(Nc2cc(OC)ccc2Cl)c2[nH]cnc2n1. The molecule has 3 N–H and O–H groups in total. The van der Waals surface area contributed by atoms with Crippen LogP contribution in [0.15, 0.2) is 24.5 Å². The molecule has 0 fully saturated rings. The molecule has 0 saturated heterocycles. The van der Waals surface area contributed by atoms with Gasteiger partial charge in [-0.05, 0) is 12.1 Å². The summed E-state index contributed by atoms with van der Waals surface area (Å²) in [5, 5.41) is 6.64. The Balaban J connectivity index is 2.07. The van der Waals surface area contributed by atoms with Crippen LogP contribution in [0.25, 0.3) is 11.2 Å². The number of rotatable bonds is 4. The summed E-state index contributed by atoms with van der Waals surface area (Å²) in [6.07, 6.45) is 1.57. The Hall–Kier alpha value is -2.54. The summed E-state index contributed by atoms with van der Waals surface area (Å²) in [5.41, 5.74) is 1.96. The number of fused-ring (bicyclic) bond motifs is 1. The number of nitrogens with zero attached hydrogens (tertiary/aromatic N) is 3. The monoisotopic (exact) mass is 304 g/mol. The van der Waals surface area contributed by atoms with Gasteiger partial charge in [-0.3, -0.25) is 0 Å². The van der Waals surface area contributed by atoms with Gasteiger partial charge in [0, 0.05) is 13.1 Å². The van der Waals surface area contributed by atoms with Crippen LogP contribution in [0.3, 0.4) is 0 Å². The Labute approximate surface area is 125 Å². The van der Waals surface area contributed by atoms with Crippen molar-refractivity contribution < 1.29 is 4.74 Å². The quantitative estimate of drug-likeness (QED) is 0.687. The predicted molar refractivity (Wildman–Crippen MR) is 82.5 cm³/mol. The topological polar surface area (TPSA) is 87.8 Å². The second-order valence-corrected chi connectivity index (χ2v) is 4.62. The van der Waals surface area contributed by atoms with Crippen LogP contribution < -0.4 is 15.4 Å². The van der Waals surface area contributed by atoms with Crippen molar-refractivity contribution in [2.24, 2.45) is 0 Å². The molecule has 3 rings (SSSR count). The molecular weight excluding hydrogens is 292 g/mol. The van der Waals surface area contributed by atoms with Gasteiger partial charge in [0.1, 0.15) is 11.3 Å². The second kappa shape index (κ2) is 5.45. The molecule has 1 aromatic carbocycles. The van der Waals surface area contributed by atoms with Gasteiger partial charge in [0.25, 0.3) is 0 Å². The molecule has 0 spiro atoms. The molecule has 0 unspecified atom stereocenters. The van der Waals surface area contributed by atoms with Gasteiger partial charge >= 0.3 is 0 Å². The highest BCUT2D eigenvalue weighted by molar-refractivity contribution is 6.33. The van der Waals surface area contributed by atoms with Gasteiger partial charge in [0.2, 0.25) is 5.95 Å². The third-order valence-corrected chi connectivity index (χ3v) is 3.27. The fraction of sp³-hybridized carbons (Fsp3) is 0.154. The van der Waals surface area contributed by atoms with Crippen molar-refractivity contribution in [1.29, 1.82) is 0 Å². The number of methoxy groups -OCH3 is 1. The number of hydrogen-bond acceptors (Lipinski definition) is 6. The molecule has 0 saturated carbocycles. The minimum absolute atomic E-state index is 0.469. The minimum atomic E-state index is 0.469. The highest BCUT2D eigenvalue weighted by Crippen LogP contribution is 2.30. The van der Waals surface area contributed by atoms with Crippen LogP contribution in [-0.2, 0) is 0 Å². The second-order valence-electron chi connectivity index (χ2n) is 4.22. The fourth-order valence-electron chi connectivity index (χ4n) is 1.89. The first-order chi connectivity index (χ1) is 10.2. The van der Waals surface area contributed by atoms with Crippen LogP contribution in [0.4, 0.5) is 17.5 Å². The van der Waals surface area contributed by atoms with Crippen LogP contribution in [0.5, 0.6) is 5.75 Å². The van der Waals surface area contributed by atoms with Crippen molar-refractivity contribution in [3.8, 4) is 5.75 Å². The van der Waals surface area contributed by atoms with Crippen LogP contribution in [0.2, 0.25) is 5.02 Å². The van der Waals surface area contributed by atoms with Gasteiger partial charge in [-0.2, -0.15) is 9.97 Å². The van der Waals surface area contributed by atoms with Gasteiger partial charge < -0.3 is 20.4 Å². The molecule has 7 nitrogen and oxygen atoms in total. The van der Waals surface area contributed by atoms with E-state index in [-0.39, 0.29) is 0 Å². The van der Waals surface area contributed by atoms with Crippen molar-refractivity contribution in [2.45, 2.75) is 0 Å². The summed E-state index contributed by atoms with van der Waals surface area (Å²) in [6, 6.07) is 5.34. The van der Waals surface area contributed by atoms with E-state index in [0.29, 0.717) is 39.4 Å². The van der Waals surface area contributed by atoms with E-state index in [9.17, 15) is 0 Å². The van der Waals surface area contributed by atoms with Crippen LogP contribution in [-0.4, -0.2) is 34.1 Å². The molecular formula is C13H13ClN6O. The summed E-state index contributed by atoms with van der Waals surface area (Å²) in [7, 11) is 3.35. The number of aromatic amines is 1. The van der Waals surface area contributed by atoms with E-state index < -0.39 is 0 Å². The predicted octanol–water partition coefficient (Wildman–Crippen LogP) is 2.80. The number of anilines is 3. The molecule has 0 radical (unpaired) electrons. The van der Waals surface area contributed by atoms with Gasteiger partial charge in [-0.15, -0.1) is 0 Å². The zero-order chi connectivity index (χ0) is 14.8. The van der Waals surface area contributed by atoms with Crippen molar-refractivity contribution in [3.63, 3.8) is 0 Å². The van der Waals surface area contributed by atoms with E-state index in [1.807, 2.05) is 0 Å². The van der Waals surface area contributed by atoms with E-state index in [4.69, 9.17) is 16.3 Å². The molecule has 2 heterocycles. The summed E-state index contributed by atoms with van der Waals surface area (Å²) < 4.78 is 5.20. The lowest BCUT2D eigenvalue weighted by Gasteiger charge is -2.11. The Kier molecular flexibility index (Phi) is 3.49.